The fourth-order valence-electron chi connectivity index (χ4n) is 4.88. The van der Waals surface area contributed by atoms with Crippen LogP contribution in [0.3, 0.4) is 0 Å². The number of halogens is 9. The largest absolute Gasteiger partial charge is 0.573 e. The van der Waals surface area contributed by atoms with Crippen LogP contribution >= 0.6 is 0 Å². The number of carbonyl (C=O) groups is 2. The van der Waals surface area contributed by atoms with Gasteiger partial charge in [0.15, 0.2) is 0 Å². The average molecular weight is 725 g/mol. The molecule has 0 aromatic heterocycles. The second-order valence-corrected chi connectivity index (χ2v) is 10.8. The van der Waals surface area contributed by atoms with E-state index in [0.717, 1.165) is 36.4 Å². The molecule has 17 heteroatoms. The first kappa shape index (κ1) is 39.6. The highest BCUT2D eigenvalue weighted by atomic mass is 19.4. The molecule has 0 aliphatic carbocycles. The third-order valence-electron chi connectivity index (χ3n) is 6.89. The van der Waals surface area contributed by atoms with E-state index >= 15 is 0 Å². The molecule has 0 fully saturated rings. The summed E-state index contributed by atoms with van der Waals surface area (Å²) in [6, 6.07) is 12.9. The smallest absolute Gasteiger partial charge is 0.494 e. The molecular weight excluding hydrogens is 691 g/mol. The monoisotopic (exact) mass is 724 g/mol. The molecule has 3 rings (SSSR count). The van der Waals surface area contributed by atoms with Gasteiger partial charge in [0.1, 0.15) is 23.8 Å². The minimum Gasteiger partial charge on any atom is -0.494 e. The second-order valence-electron chi connectivity index (χ2n) is 10.8. The molecule has 0 bridgehead atoms. The molecule has 274 valence electrons. The normalized spacial score (nSPS) is 12.2. The van der Waals surface area contributed by atoms with Crippen LogP contribution in [-0.2, 0) is 21.5 Å². The molecule has 0 saturated carbocycles. The van der Waals surface area contributed by atoms with Crippen LogP contribution in [0.1, 0.15) is 49.3 Å². The topological polar surface area (TPSA) is 95.1 Å². The average Bonchev–Trinajstić information content (AvgIpc) is 3.00. The Kier molecular flexibility index (Phi) is 13.6. The standard InChI is InChI=1S/C33H33F9N2O6/c1-2-47-28(45)12-4-3-5-17-48-25-15-13-22(14-16-25)20-30(44-29(46)43-21-31(34,35)36,23-8-6-10-26(18-23)49-32(37,38)39)24-9-7-11-27(19-24)50-33(40,41)42/h6-11,13-16,18-19H,2-5,12,17,20-21H2,1H3,(H2,43,44,46). The predicted molar refractivity (Wildman–Crippen MR) is 160 cm³/mol. The molecule has 0 saturated heterocycles. The molecule has 8 nitrogen and oxygen atoms in total. The van der Waals surface area contributed by atoms with Crippen LogP contribution in [0.25, 0.3) is 0 Å². The summed E-state index contributed by atoms with van der Waals surface area (Å²) in [7, 11) is 0. The van der Waals surface area contributed by atoms with Gasteiger partial charge in [-0.3, -0.25) is 4.79 Å². The molecule has 0 unspecified atom stereocenters. The third kappa shape index (κ3) is 13.6. The molecule has 3 aromatic rings. The van der Waals surface area contributed by atoms with Crippen LogP contribution in [0.4, 0.5) is 44.3 Å². The third-order valence-corrected chi connectivity index (χ3v) is 6.89. The molecule has 0 radical (unpaired) electrons. The number of alkyl halides is 9. The van der Waals surface area contributed by atoms with E-state index in [2.05, 4.69) is 14.8 Å². The molecule has 0 spiro atoms. The number of esters is 1. The van der Waals surface area contributed by atoms with Crippen molar-refractivity contribution in [1.29, 1.82) is 0 Å². The van der Waals surface area contributed by atoms with Gasteiger partial charge in [0.05, 0.1) is 18.8 Å². The summed E-state index contributed by atoms with van der Waals surface area (Å²) >= 11 is 0. The molecule has 0 aliphatic rings. The lowest BCUT2D eigenvalue weighted by molar-refractivity contribution is -0.275. The van der Waals surface area contributed by atoms with E-state index in [0.29, 0.717) is 30.6 Å². The number of ether oxygens (including phenoxy) is 4. The van der Waals surface area contributed by atoms with Gasteiger partial charge in [-0.05, 0) is 79.3 Å². The number of hydrogen-bond acceptors (Lipinski definition) is 6. The quantitative estimate of drug-likeness (QED) is 0.0877. The first-order valence-electron chi connectivity index (χ1n) is 15.1. The number of nitrogens with one attached hydrogen (secondary N) is 2. The lowest BCUT2D eigenvalue weighted by Gasteiger charge is -2.37. The SMILES string of the molecule is CCOC(=O)CCCCCOc1ccc(CC(NC(=O)NCC(F)(F)F)(c2cccc(OC(F)(F)F)c2)c2cccc(OC(F)(F)F)c2)cc1. The zero-order chi connectivity index (χ0) is 37.0. The zero-order valence-corrected chi connectivity index (χ0v) is 26.4. The Morgan fingerprint density at radius 3 is 1.76 bits per heavy atom. The van der Waals surface area contributed by atoms with Gasteiger partial charge in [0, 0.05) is 12.8 Å². The van der Waals surface area contributed by atoms with Crippen LogP contribution in [0, 0.1) is 0 Å². The zero-order valence-electron chi connectivity index (χ0n) is 26.4. The molecule has 50 heavy (non-hydrogen) atoms. The Bertz CT molecular complexity index is 1480. The number of carbonyl (C=O) groups excluding carboxylic acids is 2. The maximum absolute atomic E-state index is 13.2. The number of amides is 2. The Hall–Kier alpha value is -4.83. The minimum absolute atomic E-state index is 0.186. The van der Waals surface area contributed by atoms with Crippen molar-refractivity contribution >= 4 is 12.0 Å². The van der Waals surface area contributed by atoms with E-state index in [4.69, 9.17) is 9.47 Å². The Labute approximate surface area is 280 Å². The van der Waals surface area contributed by atoms with E-state index in [1.807, 2.05) is 0 Å². The van der Waals surface area contributed by atoms with Gasteiger partial charge in [-0.2, -0.15) is 13.2 Å². The summed E-state index contributed by atoms with van der Waals surface area (Å²) in [6.45, 7) is 0.486. The second kappa shape index (κ2) is 17.2. The lowest BCUT2D eigenvalue weighted by Crippen LogP contribution is -2.53. The van der Waals surface area contributed by atoms with Crippen molar-refractivity contribution in [2.75, 3.05) is 19.8 Å². The maximum atomic E-state index is 13.2. The summed E-state index contributed by atoms with van der Waals surface area (Å²) < 4.78 is 137. The fourth-order valence-corrected chi connectivity index (χ4v) is 4.88. The van der Waals surface area contributed by atoms with Gasteiger partial charge in [-0.1, -0.05) is 36.4 Å². The Morgan fingerprint density at radius 1 is 0.700 bits per heavy atom. The first-order valence-corrected chi connectivity index (χ1v) is 15.1. The van der Waals surface area contributed by atoms with Crippen molar-refractivity contribution in [1.82, 2.24) is 10.6 Å². The summed E-state index contributed by atoms with van der Waals surface area (Å²) in [6.07, 6.45) is -13.4. The van der Waals surface area contributed by atoms with Crippen molar-refractivity contribution in [2.24, 2.45) is 0 Å². The fraction of sp³-hybridized carbons (Fsp3) is 0.394. The highest BCUT2D eigenvalue weighted by Crippen LogP contribution is 2.38. The number of urea groups is 1. The molecule has 0 aliphatic heterocycles. The van der Waals surface area contributed by atoms with Gasteiger partial charge in [0.2, 0.25) is 0 Å². The van der Waals surface area contributed by atoms with Crippen molar-refractivity contribution in [3.05, 3.63) is 89.5 Å². The van der Waals surface area contributed by atoms with Gasteiger partial charge in [0.25, 0.3) is 0 Å². The highest BCUT2D eigenvalue weighted by Gasteiger charge is 2.40. The van der Waals surface area contributed by atoms with E-state index in [9.17, 15) is 49.1 Å². The highest BCUT2D eigenvalue weighted by molar-refractivity contribution is 5.76. The van der Waals surface area contributed by atoms with Gasteiger partial charge in [-0.15, -0.1) is 26.3 Å². The lowest BCUT2D eigenvalue weighted by atomic mass is 9.77. The van der Waals surface area contributed by atoms with Crippen LogP contribution in [0.2, 0.25) is 0 Å². The molecule has 3 aromatic carbocycles. The van der Waals surface area contributed by atoms with Crippen LogP contribution in [0.5, 0.6) is 17.2 Å². The minimum atomic E-state index is -5.16. The summed E-state index contributed by atoms with van der Waals surface area (Å²) in [4.78, 5) is 24.5. The maximum Gasteiger partial charge on any atom is 0.573 e. The van der Waals surface area contributed by atoms with Crippen molar-refractivity contribution < 1.29 is 68.1 Å². The van der Waals surface area contributed by atoms with Crippen LogP contribution in [0.15, 0.2) is 72.8 Å². The molecule has 0 atom stereocenters. The van der Waals surface area contributed by atoms with Crippen LogP contribution in [-0.4, -0.2) is 50.7 Å². The van der Waals surface area contributed by atoms with E-state index < -0.39 is 54.9 Å². The van der Waals surface area contributed by atoms with Gasteiger partial charge < -0.3 is 29.6 Å². The number of unbranched alkanes of at least 4 members (excludes halogenated alkanes) is 2. The first-order chi connectivity index (χ1) is 23.4. The summed E-state index contributed by atoms with van der Waals surface area (Å²) in [5.41, 5.74) is -2.14. The molecule has 2 amide bonds. The molecular formula is C33H33F9N2O6. The molecule has 0 heterocycles. The number of rotatable bonds is 16. The van der Waals surface area contributed by atoms with Crippen molar-refractivity contribution in [2.45, 2.75) is 63.5 Å². The summed E-state index contributed by atoms with van der Waals surface area (Å²) in [5, 5.41) is 3.99. The van der Waals surface area contributed by atoms with E-state index in [1.165, 1.54) is 36.4 Å². The van der Waals surface area contributed by atoms with Crippen molar-refractivity contribution in [3.63, 3.8) is 0 Å². The number of hydrogen-bond donors (Lipinski definition) is 2. The Morgan fingerprint density at radius 2 is 1.26 bits per heavy atom. The Balaban J connectivity index is 2.00. The molecule has 2 N–H and O–H groups in total. The number of benzene rings is 3. The van der Waals surface area contributed by atoms with Crippen LogP contribution < -0.4 is 24.8 Å². The van der Waals surface area contributed by atoms with E-state index in [-0.39, 0.29) is 36.7 Å². The summed E-state index contributed by atoms with van der Waals surface area (Å²) in [5.74, 6) is -1.45. The van der Waals surface area contributed by atoms with E-state index in [1.54, 1.807) is 12.2 Å². The predicted octanol–water partition coefficient (Wildman–Crippen LogP) is 8.33. The van der Waals surface area contributed by atoms with Gasteiger partial charge in [-0.25, -0.2) is 4.79 Å². The van der Waals surface area contributed by atoms with Gasteiger partial charge >= 0.3 is 30.9 Å². The van der Waals surface area contributed by atoms with Crippen molar-refractivity contribution in [3.8, 4) is 17.2 Å².